The Labute approximate surface area is 125 Å². The minimum absolute atomic E-state index is 0.416. The molecule has 20 heavy (non-hydrogen) atoms. The first-order chi connectivity index (χ1) is 9.49. The summed E-state index contributed by atoms with van der Waals surface area (Å²) in [5.74, 6) is 1.36. The van der Waals surface area contributed by atoms with Crippen molar-refractivity contribution in [3.8, 4) is 0 Å². The average molecular weight is 298 g/mol. The molecule has 2 heterocycles. The lowest BCUT2D eigenvalue weighted by Gasteiger charge is -2.21. The fourth-order valence-electron chi connectivity index (χ4n) is 2.41. The Morgan fingerprint density at radius 3 is 2.60 bits per heavy atom. The number of aryl methyl sites for hydroxylation is 2. The molecule has 112 valence electrons. The highest BCUT2D eigenvalue weighted by atomic mass is 35.5. The Kier molecular flexibility index (Phi) is 4.70. The van der Waals surface area contributed by atoms with E-state index in [1.165, 1.54) is 0 Å². The summed E-state index contributed by atoms with van der Waals surface area (Å²) in [6.07, 6.45) is 2.03. The molecule has 0 saturated carbocycles. The molecule has 1 atom stereocenters. The van der Waals surface area contributed by atoms with Gasteiger partial charge in [-0.25, -0.2) is 4.98 Å². The van der Waals surface area contributed by atoms with Crippen LogP contribution in [0.25, 0.3) is 11.2 Å². The Bertz CT molecular complexity index is 584. The minimum Gasteiger partial charge on any atom is -0.310 e. The molecule has 1 unspecified atom stereocenters. The Morgan fingerprint density at radius 2 is 2.05 bits per heavy atom. The first-order valence-corrected chi connectivity index (χ1v) is 7.66. The van der Waals surface area contributed by atoms with Crippen LogP contribution in [0.3, 0.4) is 0 Å². The molecule has 2 aromatic heterocycles. The van der Waals surface area contributed by atoms with Gasteiger partial charge in [0.05, 0.1) is 11.6 Å². The van der Waals surface area contributed by atoms with Crippen molar-refractivity contribution in [2.45, 2.75) is 45.2 Å². The number of alkyl halides is 1. The summed E-state index contributed by atoms with van der Waals surface area (Å²) in [7, 11) is 6.16. The molecular weight excluding hydrogens is 274 g/mol. The van der Waals surface area contributed by atoms with Crippen LogP contribution in [0.5, 0.6) is 0 Å². The molecule has 0 aliphatic carbocycles. The van der Waals surface area contributed by atoms with Gasteiger partial charge in [-0.3, -0.25) is 4.68 Å². The van der Waals surface area contributed by atoms with E-state index in [0.29, 0.717) is 11.9 Å². The van der Waals surface area contributed by atoms with E-state index in [0.717, 1.165) is 42.1 Å². The van der Waals surface area contributed by atoms with Gasteiger partial charge >= 0.3 is 0 Å². The van der Waals surface area contributed by atoms with E-state index in [2.05, 4.69) is 42.5 Å². The molecule has 0 aliphatic rings. The third kappa shape index (κ3) is 2.69. The number of aromatic nitrogens is 4. The van der Waals surface area contributed by atoms with Crippen molar-refractivity contribution in [2.24, 2.45) is 7.05 Å². The molecule has 0 fully saturated rings. The number of likely N-dealkylation sites (N-methyl/N-ethyl adjacent to an activating group) is 1. The number of rotatable bonds is 6. The highest BCUT2D eigenvalue weighted by molar-refractivity contribution is 6.16. The SMILES string of the molecule is CCCc1nn(C)c2c1nc(CCl)n2CC(C)N(C)C. The quantitative estimate of drug-likeness (QED) is 0.769. The number of hydrogen-bond acceptors (Lipinski definition) is 3. The second kappa shape index (κ2) is 6.14. The second-order valence-electron chi connectivity index (χ2n) is 5.58. The zero-order valence-corrected chi connectivity index (χ0v) is 13.8. The van der Waals surface area contributed by atoms with E-state index >= 15 is 0 Å². The third-order valence-corrected chi connectivity index (χ3v) is 4.04. The maximum atomic E-state index is 6.08. The molecule has 2 aromatic rings. The number of nitrogens with zero attached hydrogens (tertiary/aromatic N) is 5. The first kappa shape index (κ1) is 15.3. The van der Waals surface area contributed by atoms with Crippen molar-refractivity contribution in [1.29, 1.82) is 0 Å². The third-order valence-electron chi connectivity index (χ3n) is 3.81. The van der Waals surface area contributed by atoms with Crippen molar-refractivity contribution in [3.63, 3.8) is 0 Å². The van der Waals surface area contributed by atoms with E-state index < -0.39 is 0 Å². The molecule has 0 N–H and O–H groups in total. The number of halogens is 1. The lowest BCUT2D eigenvalue weighted by atomic mass is 10.2. The van der Waals surface area contributed by atoms with E-state index in [9.17, 15) is 0 Å². The maximum absolute atomic E-state index is 6.08. The number of hydrogen-bond donors (Lipinski definition) is 0. The Hall–Kier alpha value is -1.07. The highest BCUT2D eigenvalue weighted by Crippen LogP contribution is 2.22. The van der Waals surface area contributed by atoms with Crippen LogP contribution < -0.4 is 0 Å². The predicted octanol–water partition coefficient (Wildman–Crippen LogP) is 2.41. The van der Waals surface area contributed by atoms with Crippen LogP contribution in [-0.4, -0.2) is 44.4 Å². The molecule has 0 spiro atoms. The van der Waals surface area contributed by atoms with Crippen LogP contribution in [0, 0.1) is 0 Å². The van der Waals surface area contributed by atoms with Gasteiger partial charge in [0.1, 0.15) is 11.3 Å². The topological polar surface area (TPSA) is 38.9 Å². The fraction of sp³-hybridized carbons (Fsp3) is 0.714. The molecule has 0 aliphatic heterocycles. The van der Waals surface area contributed by atoms with Crippen LogP contribution in [-0.2, 0) is 25.9 Å². The monoisotopic (exact) mass is 297 g/mol. The zero-order valence-electron chi connectivity index (χ0n) is 13.0. The Morgan fingerprint density at radius 1 is 1.35 bits per heavy atom. The van der Waals surface area contributed by atoms with Gasteiger partial charge in [-0.15, -0.1) is 11.6 Å². The summed E-state index contributed by atoms with van der Waals surface area (Å²) in [6, 6.07) is 0.416. The van der Waals surface area contributed by atoms with Crippen molar-refractivity contribution < 1.29 is 0 Å². The van der Waals surface area contributed by atoms with Gasteiger partial charge in [-0.1, -0.05) is 13.3 Å². The van der Waals surface area contributed by atoms with E-state index in [1.54, 1.807) is 0 Å². The molecule has 0 saturated heterocycles. The van der Waals surface area contributed by atoms with Gasteiger partial charge in [0.15, 0.2) is 5.65 Å². The second-order valence-corrected chi connectivity index (χ2v) is 5.84. The molecule has 0 amide bonds. The van der Waals surface area contributed by atoms with Crippen molar-refractivity contribution in [3.05, 3.63) is 11.5 Å². The lowest BCUT2D eigenvalue weighted by Crippen LogP contribution is -2.30. The summed E-state index contributed by atoms with van der Waals surface area (Å²) in [5, 5.41) is 4.60. The summed E-state index contributed by atoms with van der Waals surface area (Å²) >= 11 is 6.08. The van der Waals surface area contributed by atoms with Crippen molar-refractivity contribution >= 4 is 22.8 Å². The van der Waals surface area contributed by atoms with Crippen molar-refractivity contribution in [1.82, 2.24) is 24.2 Å². The number of fused-ring (bicyclic) bond motifs is 1. The molecule has 5 nitrogen and oxygen atoms in total. The maximum Gasteiger partial charge on any atom is 0.158 e. The molecule has 0 aromatic carbocycles. The summed E-state index contributed by atoms with van der Waals surface area (Å²) in [4.78, 5) is 6.91. The summed E-state index contributed by atoms with van der Waals surface area (Å²) < 4.78 is 4.14. The van der Waals surface area contributed by atoms with E-state index in [4.69, 9.17) is 16.6 Å². The highest BCUT2D eigenvalue weighted by Gasteiger charge is 2.20. The predicted molar refractivity (Wildman–Crippen MR) is 83.2 cm³/mol. The standard InChI is InChI=1S/C14H24ClN5/c1-6-7-11-13-14(19(5)17-11)20(12(8-15)16-13)9-10(2)18(3)4/h10H,6-9H2,1-5H3. The molecular formula is C14H24ClN5. The van der Waals surface area contributed by atoms with Crippen LogP contribution in [0.1, 0.15) is 31.8 Å². The lowest BCUT2D eigenvalue weighted by molar-refractivity contribution is 0.283. The average Bonchev–Trinajstić information content (AvgIpc) is 2.89. The molecule has 0 radical (unpaired) electrons. The first-order valence-electron chi connectivity index (χ1n) is 7.12. The van der Waals surface area contributed by atoms with Gasteiger partial charge in [0.25, 0.3) is 0 Å². The zero-order chi connectivity index (χ0) is 14.9. The van der Waals surface area contributed by atoms with Gasteiger partial charge in [-0.2, -0.15) is 5.10 Å². The molecule has 0 bridgehead atoms. The van der Waals surface area contributed by atoms with Crippen LogP contribution in [0.2, 0.25) is 0 Å². The largest absolute Gasteiger partial charge is 0.310 e. The molecule has 2 rings (SSSR count). The summed E-state index contributed by atoms with van der Waals surface area (Å²) in [5.41, 5.74) is 3.17. The van der Waals surface area contributed by atoms with Gasteiger partial charge < -0.3 is 9.47 Å². The van der Waals surface area contributed by atoms with E-state index in [-0.39, 0.29) is 0 Å². The molecule has 6 heteroatoms. The normalized spacial score (nSPS) is 13.6. The van der Waals surface area contributed by atoms with Gasteiger partial charge in [-0.05, 0) is 27.4 Å². The fourth-order valence-corrected chi connectivity index (χ4v) is 2.62. The Balaban J connectivity index is 2.51. The van der Waals surface area contributed by atoms with Crippen LogP contribution in [0.15, 0.2) is 0 Å². The smallest absolute Gasteiger partial charge is 0.158 e. The van der Waals surface area contributed by atoms with Gasteiger partial charge in [0, 0.05) is 19.6 Å². The van der Waals surface area contributed by atoms with E-state index in [1.807, 2.05) is 11.7 Å². The van der Waals surface area contributed by atoms with Crippen molar-refractivity contribution in [2.75, 3.05) is 14.1 Å². The summed E-state index contributed by atoms with van der Waals surface area (Å²) in [6.45, 7) is 5.23. The van der Waals surface area contributed by atoms with Gasteiger partial charge in [0.2, 0.25) is 0 Å². The number of imidazole rings is 1. The van der Waals surface area contributed by atoms with Crippen LogP contribution in [0.4, 0.5) is 0 Å². The minimum atomic E-state index is 0.416. The van der Waals surface area contributed by atoms with Crippen LogP contribution >= 0.6 is 11.6 Å².